The second kappa shape index (κ2) is 10.1. The largest absolute Gasteiger partial charge is 0.342 e. The van der Waals surface area contributed by atoms with Crippen molar-refractivity contribution in [3.8, 4) is 0 Å². The summed E-state index contributed by atoms with van der Waals surface area (Å²) in [5.41, 5.74) is 7.29. The molecule has 3 aromatic rings. The van der Waals surface area contributed by atoms with Crippen molar-refractivity contribution in [1.29, 1.82) is 0 Å². The first-order valence-electron chi connectivity index (χ1n) is 12.5. The summed E-state index contributed by atoms with van der Waals surface area (Å²) >= 11 is 0. The van der Waals surface area contributed by atoms with Crippen LogP contribution in [0.25, 0.3) is 0 Å². The third kappa shape index (κ3) is 5.92. The van der Waals surface area contributed by atoms with Crippen LogP contribution in [0, 0.1) is 6.92 Å². The van der Waals surface area contributed by atoms with Crippen LogP contribution in [0.5, 0.6) is 0 Å². The monoisotopic (exact) mass is 429 g/mol. The van der Waals surface area contributed by atoms with E-state index in [9.17, 15) is 0 Å². The van der Waals surface area contributed by atoms with Gasteiger partial charge in [0.05, 0.1) is 11.7 Å². The maximum atomic E-state index is 2.46. The first-order valence-corrected chi connectivity index (χ1v) is 12.5. The van der Waals surface area contributed by atoms with Crippen molar-refractivity contribution in [2.75, 3.05) is 0 Å². The Morgan fingerprint density at radius 1 is 0.844 bits per heavy atom. The van der Waals surface area contributed by atoms with E-state index < -0.39 is 0 Å². The highest BCUT2D eigenvalue weighted by Crippen LogP contribution is 2.22. The number of quaternary nitrogens is 1. The maximum absolute atomic E-state index is 2.46. The third-order valence-corrected chi connectivity index (χ3v) is 7.20. The van der Waals surface area contributed by atoms with E-state index in [1.807, 2.05) is 0 Å². The van der Waals surface area contributed by atoms with Crippen LogP contribution in [0.2, 0.25) is 0 Å². The Bertz CT molecular complexity index is 984. The first-order chi connectivity index (χ1) is 15.4. The van der Waals surface area contributed by atoms with E-state index >= 15 is 0 Å². The van der Waals surface area contributed by atoms with Gasteiger partial charge in [-0.25, -0.2) is 0 Å². The van der Waals surface area contributed by atoms with Crippen LogP contribution in [0.4, 0.5) is 0 Å². The van der Waals surface area contributed by atoms with Gasteiger partial charge >= 0.3 is 0 Å². The standard InChI is InChI=1S/C30H40N2/c1-24-10-8-11-26(20-24)22-31-19-9-14-29(31)23-32(28-12-6-5-7-13-28)21-25-15-17-27(18-16-25)30(2,3)4/h8-11,14-20,28H,5-7,12-13,21-23H2,1-4H3/p+1. The fourth-order valence-electron chi connectivity index (χ4n) is 5.25. The van der Waals surface area contributed by atoms with E-state index in [0.29, 0.717) is 0 Å². The van der Waals surface area contributed by atoms with Gasteiger partial charge in [0.2, 0.25) is 0 Å². The van der Waals surface area contributed by atoms with E-state index in [4.69, 9.17) is 0 Å². The van der Waals surface area contributed by atoms with E-state index in [1.165, 1.54) is 60.1 Å². The number of aryl methyl sites for hydroxylation is 1. The quantitative estimate of drug-likeness (QED) is 0.467. The van der Waals surface area contributed by atoms with Crippen molar-refractivity contribution in [3.05, 3.63) is 94.8 Å². The summed E-state index contributed by atoms with van der Waals surface area (Å²) in [7, 11) is 0. The molecule has 1 aliphatic rings. The number of nitrogens with one attached hydrogen (secondary N) is 1. The summed E-state index contributed by atoms with van der Waals surface area (Å²) in [6, 6.07) is 23.7. The second-order valence-electron chi connectivity index (χ2n) is 10.9. The first kappa shape index (κ1) is 22.9. The highest BCUT2D eigenvalue weighted by molar-refractivity contribution is 5.27. The fraction of sp³-hybridized carbons (Fsp3) is 0.467. The predicted octanol–water partition coefficient (Wildman–Crippen LogP) is 6.06. The molecular formula is C30H41N2+. The Morgan fingerprint density at radius 3 is 2.28 bits per heavy atom. The molecule has 0 aliphatic heterocycles. The van der Waals surface area contributed by atoms with E-state index in [0.717, 1.165) is 25.7 Å². The SMILES string of the molecule is Cc1cccc(Cn2cccc2C[NH+](Cc2ccc(C(C)(C)C)cc2)C2CCCCC2)c1. The molecule has 0 amide bonds. The van der Waals surface area contributed by atoms with Gasteiger partial charge < -0.3 is 9.47 Å². The number of hydrogen-bond acceptors (Lipinski definition) is 0. The minimum absolute atomic E-state index is 0.213. The predicted molar refractivity (Wildman–Crippen MR) is 135 cm³/mol. The molecule has 0 saturated heterocycles. The molecule has 0 radical (unpaired) electrons. The molecule has 2 nitrogen and oxygen atoms in total. The number of benzene rings is 2. The molecule has 1 atom stereocenters. The molecule has 170 valence electrons. The number of nitrogens with zero attached hydrogens (tertiary/aromatic N) is 1. The zero-order valence-electron chi connectivity index (χ0n) is 20.5. The second-order valence-corrected chi connectivity index (χ2v) is 10.9. The molecule has 2 heteroatoms. The van der Waals surface area contributed by atoms with Crippen molar-refractivity contribution in [2.45, 2.75) is 90.9 Å². The van der Waals surface area contributed by atoms with Gasteiger partial charge in [-0.3, -0.25) is 0 Å². The third-order valence-electron chi connectivity index (χ3n) is 7.20. The van der Waals surface area contributed by atoms with Crippen molar-refractivity contribution in [3.63, 3.8) is 0 Å². The smallest absolute Gasteiger partial charge is 0.118 e. The van der Waals surface area contributed by atoms with Gasteiger partial charge in [0.25, 0.3) is 0 Å². The molecule has 1 aliphatic carbocycles. The summed E-state index contributed by atoms with van der Waals surface area (Å²) in [5, 5.41) is 0. The van der Waals surface area contributed by atoms with Crippen LogP contribution < -0.4 is 4.90 Å². The van der Waals surface area contributed by atoms with Crippen molar-refractivity contribution in [2.24, 2.45) is 0 Å². The molecule has 1 saturated carbocycles. The molecule has 4 rings (SSSR count). The van der Waals surface area contributed by atoms with Crippen LogP contribution in [-0.4, -0.2) is 10.6 Å². The van der Waals surface area contributed by atoms with Gasteiger partial charge in [-0.15, -0.1) is 0 Å². The van der Waals surface area contributed by atoms with E-state index in [1.54, 1.807) is 4.90 Å². The van der Waals surface area contributed by atoms with E-state index in [-0.39, 0.29) is 5.41 Å². The Morgan fingerprint density at radius 2 is 1.59 bits per heavy atom. The lowest BCUT2D eigenvalue weighted by molar-refractivity contribution is -0.953. The lowest BCUT2D eigenvalue weighted by Crippen LogP contribution is -3.13. The lowest BCUT2D eigenvalue weighted by atomic mass is 9.86. The highest BCUT2D eigenvalue weighted by atomic mass is 15.2. The van der Waals surface area contributed by atoms with E-state index in [2.05, 4.69) is 99.1 Å². The van der Waals surface area contributed by atoms with Gasteiger partial charge in [0, 0.05) is 18.3 Å². The normalized spacial score (nSPS) is 16.2. The van der Waals surface area contributed by atoms with Crippen LogP contribution in [-0.2, 0) is 25.0 Å². The molecule has 32 heavy (non-hydrogen) atoms. The minimum Gasteiger partial charge on any atom is -0.342 e. The summed E-state index contributed by atoms with van der Waals surface area (Å²) in [5.74, 6) is 0. The van der Waals surface area contributed by atoms with Gasteiger partial charge in [0.1, 0.15) is 13.1 Å². The highest BCUT2D eigenvalue weighted by Gasteiger charge is 2.26. The zero-order chi connectivity index (χ0) is 22.6. The molecule has 1 unspecified atom stereocenters. The van der Waals surface area contributed by atoms with Gasteiger partial charge in [-0.05, 0) is 61.3 Å². The summed E-state index contributed by atoms with van der Waals surface area (Å²) in [6.07, 6.45) is 9.19. The fourth-order valence-corrected chi connectivity index (χ4v) is 5.25. The average molecular weight is 430 g/mol. The molecule has 0 bridgehead atoms. The number of rotatable bonds is 7. The number of aromatic nitrogens is 1. The molecule has 2 aromatic carbocycles. The van der Waals surface area contributed by atoms with Gasteiger partial charge in [-0.1, -0.05) is 81.3 Å². The lowest BCUT2D eigenvalue weighted by Gasteiger charge is -2.32. The summed E-state index contributed by atoms with van der Waals surface area (Å²) in [4.78, 5) is 1.73. The molecule has 1 heterocycles. The Labute approximate surface area is 195 Å². The minimum atomic E-state index is 0.213. The van der Waals surface area contributed by atoms with Gasteiger partial charge in [0.15, 0.2) is 0 Å². The van der Waals surface area contributed by atoms with Crippen molar-refractivity contribution >= 4 is 0 Å². The van der Waals surface area contributed by atoms with Crippen LogP contribution in [0.1, 0.15) is 80.8 Å². The Kier molecular flexibility index (Phi) is 7.20. The van der Waals surface area contributed by atoms with Crippen LogP contribution in [0.15, 0.2) is 66.9 Å². The Balaban J connectivity index is 1.52. The van der Waals surface area contributed by atoms with Crippen molar-refractivity contribution < 1.29 is 4.90 Å². The molecule has 1 N–H and O–H groups in total. The maximum Gasteiger partial charge on any atom is 0.118 e. The average Bonchev–Trinajstić information content (AvgIpc) is 3.20. The number of hydrogen-bond donors (Lipinski definition) is 1. The molecule has 1 aromatic heterocycles. The molecular weight excluding hydrogens is 388 g/mol. The molecule has 0 spiro atoms. The van der Waals surface area contributed by atoms with Crippen LogP contribution in [0.3, 0.4) is 0 Å². The van der Waals surface area contributed by atoms with Gasteiger partial charge in [-0.2, -0.15) is 0 Å². The summed E-state index contributed by atoms with van der Waals surface area (Å²) in [6.45, 7) is 12.2. The van der Waals surface area contributed by atoms with Crippen molar-refractivity contribution in [1.82, 2.24) is 4.57 Å². The Hall–Kier alpha value is -2.32. The zero-order valence-corrected chi connectivity index (χ0v) is 20.5. The molecule has 1 fully saturated rings. The summed E-state index contributed by atoms with van der Waals surface area (Å²) < 4.78 is 2.46. The topological polar surface area (TPSA) is 9.37 Å². The van der Waals surface area contributed by atoms with Crippen LogP contribution >= 0.6 is 0 Å².